The molecule has 0 spiro atoms. The molecule has 0 aromatic heterocycles. The summed E-state index contributed by atoms with van der Waals surface area (Å²) in [6, 6.07) is 23.2. The SMILES string of the molecule is O=C(O)C1(NS(=O)(=O)c2ccc(-c3ccc(Br)cc3)cc2)CC1c1ccccc1. The second-order valence-corrected chi connectivity index (χ2v) is 9.68. The first-order valence-electron chi connectivity index (χ1n) is 9.00. The van der Waals surface area contributed by atoms with E-state index in [2.05, 4.69) is 20.7 Å². The van der Waals surface area contributed by atoms with Gasteiger partial charge in [0.2, 0.25) is 10.0 Å². The monoisotopic (exact) mass is 471 g/mol. The van der Waals surface area contributed by atoms with E-state index in [9.17, 15) is 18.3 Å². The minimum atomic E-state index is -3.99. The number of hydrogen-bond acceptors (Lipinski definition) is 3. The van der Waals surface area contributed by atoms with Crippen molar-refractivity contribution in [2.45, 2.75) is 22.8 Å². The smallest absolute Gasteiger partial charge is 0.325 e. The molecule has 7 heteroatoms. The quantitative estimate of drug-likeness (QED) is 0.557. The molecule has 1 aliphatic carbocycles. The van der Waals surface area contributed by atoms with Crippen molar-refractivity contribution >= 4 is 31.9 Å². The second-order valence-electron chi connectivity index (χ2n) is 7.08. The van der Waals surface area contributed by atoms with Crippen LogP contribution < -0.4 is 4.72 Å². The number of hydrogen-bond donors (Lipinski definition) is 2. The van der Waals surface area contributed by atoms with Gasteiger partial charge in [-0.05, 0) is 47.4 Å². The van der Waals surface area contributed by atoms with Crippen LogP contribution in [-0.4, -0.2) is 25.0 Å². The molecule has 1 saturated carbocycles. The first-order valence-corrected chi connectivity index (χ1v) is 11.3. The molecule has 0 heterocycles. The fourth-order valence-electron chi connectivity index (χ4n) is 3.51. The summed E-state index contributed by atoms with van der Waals surface area (Å²) < 4.78 is 29.2. The van der Waals surface area contributed by atoms with E-state index in [-0.39, 0.29) is 11.3 Å². The molecule has 0 amide bonds. The predicted octanol–water partition coefficient (Wildman–Crippen LogP) is 4.41. The average molecular weight is 472 g/mol. The summed E-state index contributed by atoms with van der Waals surface area (Å²) in [6.45, 7) is 0. The highest BCUT2D eigenvalue weighted by atomic mass is 79.9. The molecule has 1 aliphatic rings. The molecule has 0 bridgehead atoms. The molecule has 0 saturated heterocycles. The molecule has 0 aliphatic heterocycles. The summed E-state index contributed by atoms with van der Waals surface area (Å²) in [4.78, 5) is 12.0. The Kier molecular flexibility index (Phi) is 5.06. The van der Waals surface area contributed by atoms with Gasteiger partial charge in [-0.15, -0.1) is 0 Å². The molecule has 3 aromatic carbocycles. The van der Waals surface area contributed by atoms with Gasteiger partial charge in [-0.2, -0.15) is 4.72 Å². The van der Waals surface area contributed by atoms with E-state index in [0.717, 1.165) is 21.2 Å². The molecular formula is C22H18BrNO4S. The molecular weight excluding hydrogens is 454 g/mol. The first-order chi connectivity index (χ1) is 13.8. The predicted molar refractivity (Wildman–Crippen MR) is 114 cm³/mol. The minimum absolute atomic E-state index is 0.0395. The van der Waals surface area contributed by atoms with Crippen LogP contribution in [-0.2, 0) is 14.8 Å². The zero-order chi connectivity index (χ0) is 20.6. The third-order valence-corrected chi connectivity index (χ3v) is 7.26. The molecule has 2 N–H and O–H groups in total. The van der Waals surface area contributed by atoms with E-state index < -0.39 is 27.4 Å². The highest BCUT2D eigenvalue weighted by Crippen LogP contribution is 2.52. The van der Waals surface area contributed by atoms with Gasteiger partial charge in [-0.1, -0.05) is 70.5 Å². The molecule has 4 rings (SSSR count). The van der Waals surface area contributed by atoms with Crippen molar-refractivity contribution in [1.82, 2.24) is 4.72 Å². The lowest BCUT2D eigenvalue weighted by Crippen LogP contribution is -2.44. The van der Waals surface area contributed by atoms with E-state index in [1.807, 2.05) is 54.6 Å². The summed E-state index contributed by atoms with van der Waals surface area (Å²) in [7, 11) is -3.99. The number of sulfonamides is 1. The van der Waals surface area contributed by atoms with Gasteiger partial charge in [-0.3, -0.25) is 4.79 Å². The summed E-state index contributed by atoms with van der Waals surface area (Å²) >= 11 is 3.39. The van der Waals surface area contributed by atoms with Crippen LogP contribution >= 0.6 is 15.9 Å². The summed E-state index contributed by atoms with van der Waals surface area (Å²) in [5.74, 6) is -1.56. The molecule has 1 fully saturated rings. The molecule has 2 atom stereocenters. The maximum absolute atomic E-state index is 12.9. The van der Waals surface area contributed by atoms with Crippen LogP contribution in [0.1, 0.15) is 17.9 Å². The largest absolute Gasteiger partial charge is 0.480 e. The van der Waals surface area contributed by atoms with Gasteiger partial charge in [0.25, 0.3) is 0 Å². The van der Waals surface area contributed by atoms with E-state index in [1.165, 1.54) is 12.1 Å². The van der Waals surface area contributed by atoms with Crippen molar-refractivity contribution in [2.75, 3.05) is 0 Å². The molecule has 5 nitrogen and oxygen atoms in total. The van der Waals surface area contributed by atoms with Crippen molar-refractivity contribution < 1.29 is 18.3 Å². The van der Waals surface area contributed by atoms with Crippen LogP contribution in [0.3, 0.4) is 0 Å². The average Bonchev–Trinajstić information content (AvgIpc) is 3.44. The Morgan fingerprint density at radius 2 is 1.48 bits per heavy atom. The lowest BCUT2D eigenvalue weighted by molar-refractivity contribution is -0.140. The zero-order valence-corrected chi connectivity index (χ0v) is 17.7. The Hall–Kier alpha value is -2.48. The Morgan fingerprint density at radius 1 is 0.931 bits per heavy atom. The van der Waals surface area contributed by atoms with E-state index in [4.69, 9.17) is 0 Å². The number of carboxylic acids is 1. The number of carboxylic acid groups (broad SMARTS) is 1. The maximum atomic E-state index is 12.9. The minimum Gasteiger partial charge on any atom is -0.480 e. The lowest BCUT2D eigenvalue weighted by atomic mass is 10.1. The number of nitrogens with one attached hydrogen (secondary N) is 1. The summed E-state index contributed by atoms with van der Waals surface area (Å²) in [6.07, 6.45) is 0.225. The fourth-order valence-corrected chi connectivity index (χ4v) is 5.18. The van der Waals surface area contributed by atoms with Gasteiger partial charge in [0, 0.05) is 10.4 Å². The van der Waals surface area contributed by atoms with Gasteiger partial charge < -0.3 is 5.11 Å². The Morgan fingerprint density at radius 3 is 2.03 bits per heavy atom. The Bertz CT molecular complexity index is 1150. The van der Waals surface area contributed by atoms with Gasteiger partial charge in [-0.25, -0.2) is 8.42 Å². The van der Waals surface area contributed by atoms with Crippen molar-refractivity contribution in [1.29, 1.82) is 0 Å². The van der Waals surface area contributed by atoms with E-state index in [0.29, 0.717) is 0 Å². The molecule has 3 aromatic rings. The summed E-state index contributed by atoms with van der Waals surface area (Å²) in [5, 5.41) is 9.73. The molecule has 29 heavy (non-hydrogen) atoms. The molecule has 0 radical (unpaired) electrons. The third kappa shape index (κ3) is 3.85. The Balaban J connectivity index is 1.58. The topological polar surface area (TPSA) is 83.5 Å². The van der Waals surface area contributed by atoms with Crippen LogP contribution in [0.5, 0.6) is 0 Å². The number of rotatable bonds is 6. The number of halogens is 1. The Labute approximate surface area is 177 Å². The van der Waals surface area contributed by atoms with E-state index in [1.54, 1.807) is 12.1 Å². The lowest BCUT2D eigenvalue weighted by Gasteiger charge is -2.16. The molecule has 2 unspecified atom stereocenters. The van der Waals surface area contributed by atoms with Crippen molar-refractivity contribution in [2.24, 2.45) is 0 Å². The van der Waals surface area contributed by atoms with Crippen molar-refractivity contribution in [3.8, 4) is 11.1 Å². The van der Waals surface area contributed by atoms with Crippen LogP contribution in [0.4, 0.5) is 0 Å². The van der Waals surface area contributed by atoms with Gasteiger partial charge >= 0.3 is 5.97 Å². The highest BCUT2D eigenvalue weighted by Gasteiger charge is 2.63. The fraction of sp³-hybridized carbons (Fsp3) is 0.136. The first kappa shape index (κ1) is 19.8. The van der Waals surface area contributed by atoms with Crippen LogP contribution in [0.2, 0.25) is 0 Å². The van der Waals surface area contributed by atoms with Crippen molar-refractivity contribution in [3.63, 3.8) is 0 Å². The van der Waals surface area contributed by atoms with Crippen LogP contribution in [0.15, 0.2) is 88.2 Å². The van der Waals surface area contributed by atoms with Gasteiger partial charge in [0.05, 0.1) is 4.90 Å². The number of carbonyl (C=O) groups is 1. The van der Waals surface area contributed by atoms with Crippen LogP contribution in [0.25, 0.3) is 11.1 Å². The normalized spacial score (nSPS) is 20.9. The third-order valence-electron chi connectivity index (χ3n) is 5.20. The number of aliphatic carboxylic acids is 1. The number of benzene rings is 3. The standard InChI is InChI=1S/C22H18BrNO4S/c23-18-10-6-15(7-11-18)16-8-12-19(13-9-16)29(27,28)24-22(21(25)26)14-20(22)17-4-2-1-3-5-17/h1-13,20,24H,14H2,(H,25,26). The van der Waals surface area contributed by atoms with Crippen molar-refractivity contribution in [3.05, 3.63) is 88.9 Å². The highest BCUT2D eigenvalue weighted by molar-refractivity contribution is 9.10. The van der Waals surface area contributed by atoms with E-state index >= 15 is 0 Å². The maximum Gasteiger partial charge on any atom is 0.325 e. The van der Waals surface area contributed by atoms with Gasteiger partial charge in [0.15, 0.2) is 0 Å². The van der Waals surface area contributed by atoms with Gasteiger partial charge in [0.1, 0.15) is 5.54 Å². The zero-order valence-electron chi connectivity index (χ0n) is 15.2. The van der Waals surface area contributed by atoms with Crippen LogP contribution in [0, 0.1) is 0 Å². The summed E-state index contributed by atoms with van der Waals surface area (Å²) in [5.41, 5.74) is 1.13. The molecule has 148 valence electrons. The second kappa shape index (κ2) is 7.40.